The third kappa shape index (κ3) is 2.85. The molecule has 0 fully saturated rings. The summed E-state index contributed by atoms with van der Waals surface area (Å²) in [7, 11) is 0. The maximum atomic E-state index is 11.3. The van der Waals surface area contributed by atoms with Crippen LogP contribution in [0.25, 0.3) is 10.2 Å². The highest BCUT2D eigenvalue weighted by molar-refractivity contribution is 7.20. The highest BCUT2D eigenvalue weighted by atomic mass is 32.1. The van der Waals surface area contributed by atoms with Gasteiger partial charge in [0.05, 0.1) is 11.9 Å². The fourth-order valence-corrected chi connectivity index (χ4v) is 3.77. The summed E-state index contributed by atoms with van der Waals surface area (Å²) in [5.74, 6) is 1.11. The molecule has 1 aliphatic rings. The van der Waals surface area contributed by atoms with Crippen molar-refractivity contribution in [2.24, 2.45) is 0 Å². The van der Waals surface area contributed by atoms with E-state index in [1.807, 2.05) is 24.3 Å². The number of carboxylic acid groups (broad SMARTS) is 1. The SMILES string of the molecule is Cc1c(C(=O)O)sc2ncnc(NCC3COc4ccccc4O3)c12. The van der Waals surface area contributed by atoms with Gasteiger partial charge in [-0.2, -0.15) is 0 Å². The van der Waals surface area contributed by atoms with Crippen molar-refractivity contribution in [2.75, 3.05) is 18.5 Å². The summed E-state index contributed by atoms with van der Waals surface area (Å²) in [6.45, 7) is 2.69. The number of hydrogen-bond donors (Lipinski definition) is 2. The monoisotopic (exact) mass is 357 g/mol. The number of rotatable bonds is 4. The number of para-hydroxylation sites is 2. The van der Waals surface area contributed by atoms with Gasteiger partial charge in [0.25, 0.3) is 0 Å². The highest BCUT2D eigenvalue weighted by Gasteiger charge is 2.22. The normalized spacial score (nSPS) is 16.0. The molecule has 0 aliphatic carbocycles. The Morgan fingerprint density at radius 2 is 2.16 bits per heavy atom. The molecule has 1 unspecified atom stereocenters. The van der Waals surface area contributed by atoms with E-state index in [9.17, 15) is 9.90 Å². The van der Waals surface area contributed by atoms with Crippen molar-refractivity contribution in [3.8, 4) is 11.5 Å². The first kappa shape index (κ1) is 15.6. The van der Waals surface area contributed by atoms with Gasteiger partial charge in [-0.15, -0.1) is 11.3 Å². The number of hydrogen-bond acceptors (Lipinski definition) is 7. The molecule has 128 valence electrons. The van der Waals surface area contributed by atoms with E-state index in [0.717, 1.165) is 22.5 Å². The Hall–Kier alpha value is -2.87. The van der Waals surface area contributed by atoms with Crippen LogP contribution in [0.3, 0.4) is 0 Å². The van der Waals surface area contributed by atoms with Crippen molar-refractivity contribution in [1.82, 2.24) is 9.97 Å². The Balaban J connectivity index is 1.55. The number of carbonyl (C=O) groups is 1. The van der Waals surface area contributed by atoms with E-state index in [2.05, 4.69) is 15.3 Å². The van der Waals surface area contributed by atoms with Crippen LogP contribution in [0, 0.1) is 6.92 Å². The van der Waals surface area contributed by atoms with Crippen LogP contribution in [-0.2, 0) is 0 Å². The molecule has 0 spiro atoms. The fourth-order valence-electron chi connectivity index (χ4n) is 2.78. The van der Waals surface area contributed by atoms with E-state index in [0.29, 0.717) is 35.1 Å². The van der Waals surface area contributed by atoms with Gasteiger partial charge in [0.15, 0.2) is 11.5 Å². The van der Waals surface area contributed by atoms with Crippen molar-refractivity contribution in [3.05, 3.63) is 41.0 Å². The van der Waals surface area contributed by atoms with E-state index < -0.39 is 5.97 Å². The van der Waals surface area contributed by atoms with Crippen LogP contribution >= 0.6 is 11.3 Å². The summed E-state index contributed by atoms with van der Waals surface area (Å²) in [6, 6.07) is 7.54. The lowest BCUT2D eigenvalue weighted by Gasteiger charge is -2.26. The smallest absolute Gasteiger partial charge is 0.346 e. The minimum absolute atomic E-state index is 0.169. The van der Waals surface area contributed by atoms with Gasteiger partial charge in [0.1, 0.15) is 34.6 Å². The minimum Gasteiger partial charge on any atom is -0.486 e. The van der Waals surface area contributed by atoms with Crippen LogP contribution in [-0.4, -0.2) is 40.3 Å². The summed E-state index contributed by atoms with van der Waals surface area (Å²) >= 11 is 1.15. The van der Waals surface area contributed by atoms with E-state index in [1.165, 1.54) is 6.33 Å². The van der Waals surface area contributed by atoms with Gasteiger partial charge in [0.2, 0.25) is 0 Å². The second-order valence-electron chi connectivity index (χ2n) is 5.64. The molecule has 1 atom stereocenters. The zero-order valence-corrected chi connectivity index (χ0v) is 14.2. The third-order valence-corrected chi connectivity index (χ3v) is 5.17. The van der Waals surface area contributed by atoms with E-state index in [4.69, 9.17) is 9.47 Å². The molecule has 1 aromatic carbocycles. The molecular weight excluding hydrogens is 342 g/mol. The van der Waals surface area contributed by atoms with Crippen LogP contribution in [0.5, 0.6) is 11.5 Å². The predicted molar refractivity (Wildman–Crippen MR) is 94.0 cm³/mol. The van der Waals surface area contributed by atoms with Gasteiger partial charge in [-0.3, -0.25) is 0 Å². The molecule has 8 heteroatoms. The Morgan fingerprint density at radius 1 is 1.36 bits per heavy atom. The first-order valence-corrected chi connectivity index (χ1v) is 8.55. The molecule has 25 heavy (non-hydrogen) atoms. The molecule has 1 aliphatic heterocycles. The Morgan fingerprint density at radius 3 is 2.96 bits per heavy atom. The molecule has 7 nitrogen and oxygen atoms in total. The topological polar surface area (TPSA) is 93.6 Å². The van der Waals surface area contributed by atoms with Crippen LogP contribution < -0.4 is 14.8 Å². The Kier molecular flexibility index (Phi) is 3.89. The van der Waals surface area contributed by atoms with E-state index in [-0.39, 0.29) is 11.0 Å². The van der Waals surface area contributed by atoms with Gasteiger partial charge < -0.3 is 19.9 Å². The molecule has 0 bridgehead atoms. The van der Waals surface area contributed by atoms with Crippen molar-refractivity contribution < 1.29 is 19.4 Å². The maximum absolute atomic E-state index is 11.3. The van der Waals surface area contributed by atoms with Crippen LogP contribution in [0.15, 0.2) is 30.6 Å². The van der Waals surface area contributed by atoms with Crippen molar-refractivity contribution in [3.63, 3.8) is 0 Å². The number of aromatic nitrogens is 2. The number of thiophene rings is 1. The molecule has 0 saturated heterocycles. The summed E-state index contributed by atoms with van der Waals surface area (Å²) in [5, 5.41) is 13.3. The lowest BCUT2D eigenvalue weighted by Crippen LogP contribution is -2.35. The zero-order chi connectivity index (χ0) is 17.4. The summed E-state index contributed by atoms with van der Waals surface area (Å²) < 4.78 is 11.6. The number of fused-ring (bicyclic) bond motifs is 2. The Labute approximate surface area is 147 Å². The number of nitrogens with zero attached hydrogens (tertiary/aromatic N) is 2. The number of anilines is 1. The van der Waals surface area contributed by atoms with Gasteiger partial charge >= 0.3 is 5.97 Å². The van der Waals surface area contributed by atoms with Crippen LogP contribution in [0.2, 0.25) is 0 Å². The predicted octanol–water partition coefficient (Wildman–Crippen LogP) is 2.95. The number of ether oxygens (including phenoxy) is 2. The van der Waals surface area contributed by atoms with E-state index >= 15 is 0 Å². The van der Waals surface area contributed by atoms with Crippen molar-refractivity contribution in [2.45, 2.75) is 13.0 Å². The molecule has 3 heterocycles. The number of aromatic carboxylic acids is 1. The van der Waals surface area contributed by atoms with Crippen molar-refractivity contribution >= 4 is 33.3 Å². The van der Waals surface area contributed by atoms with Gasteiger partial charge in [0, 0.05) is 0 Å². The molecule has 0 saturated carbocycles. The van der Waals surface area contributed by atoms with Crippen molar-refractivity contribution in [1.29, 1.82) is 0 Å². The molecular formula is C17H15N3O4S. The lowest BCUT2D eigenvalue weighted by molar-refractivity contribution is 0.0701. The zero-order valence-electron chi connectivity index (χ0n) is 13.4. The van der Waals surface area contributed by atoms with Gasteiger partial charge in [-0.05, 0) is 24.6 Å². The molecule has 3 aromatic rings. The van der Waals surface area contributed by atoms with Gasteiger partial charge in [-0.25, -0.2) is 14.8 Å². The average Bonchev–Trinajstić information content (AvgIpc) is 2.97. The van der Waals surface area contributed by atoms with Gasteiger partial charge in [-0.1, -0.05) is 12.1 Å². The second-order valence-corrected chi connectivity index (χ2v) is 6.64. The van der Waals surface area contributed by atoms with Crippen LogP contribution in [0.4, 0.5) is 5.82 Å². The second kappa shape index (κ2) is 6.21. The molecule has 2 aromatic heterocycles. The first-order chi connectivity index (χ1) is 12.1. The average molecular weight is 357 g/mol. The summed E-state index contributed by atoms with van der Waals surface area (Å²) in [4.78, 5) is 20.7. The molecule has 0 radical (unpaired) electrons. The maximum Gasteiger partial charge on any atom is 0.346 e. The number of aryl methyl sites for hydroxylation is 1. The first-order valence-electron chi connectivity index (χ1n) is 7.73. The summed E-state index contributed by atoms with van der Waals surface area (Å²) in [5.41, 5.74) is 0.668. The standard InChI is InChI=1S/C17H15N3O4S/c1-9-13-15(19-8-20-16(13)25-14(9)17(21)22)18-6-10-7-23-11-4-2-3-5-12(11)24-10/h2-5,8,10H,6-7H2,1H3,(H,21,22)(H,18,19,20). The number of nitrogens with one attached hydrogen (secondary N) is 1. The third-order valence-electron chi connectivity index (χ3n) is 3.99. The van der Waals surface area contributed by atoms with E-state index in [1.54, 1.807) is 6.92 Å². The fraction of sp³-hybridized carbons (Fsp3) is 0.235. The Bertz CT molecular complexity index is 956. The molecule has 0 amide bonds. The number of carboxylic acids is 1. The largest absolute Gasteiger partial charge is 0.486 e. The lowest BCUT2D eigenvalue weighted by atomic mass is 10.2. The van der Waals surface area contributed by atoms with Crippen LogP contribution in [0.1, 0.15) is 15.2 Å². The minimum atomic E-state index is -0.952. The quantitative estimate of drug-likeness (QED) is 0.741. The summed E-state index contributed by atoms with van der Waals surface area (Å²) in [6.07, 6.45) is 1.26. The number of benzene rings is 1. The molecule has 4 rings (SSSR count). The highest BCUT2D eigenvalue weighted by Crippen LogP contribution is 2.34. The molecule has 2 N–H and O–H groups in total.